The minimum atomic E-state index is -0.477. The maximum Gasteiger partial charge on any atom is 0.253 e. The Hall–Kier alpha value is -2.66. The minimum Gasteiger partial charge on any atom is -0.372 e. The second-order valence-electron chi connectivity index (χ2n) is 5.03. The third kappa shape index (κ3) is 2.71. The summed E-state index contributed by atoms with van der Waals surface area (Å²) in [6.45, 7) is 1.71. The molecule has 0 aliphatic heterocycles. The number of nitrogens with one attached hydrogen (secondary N) is 1. The smallest absolute Gasteiger partial charge is 0.253 e. The zero-order chi connectivity index (χ0) is 15.5. The Balaban J connectivity index is 1.84. The van der Waals surface area contributed by atoms with E-state index in [1.54, 1.807) is 6.92 Å². The number of carbonyl (C=O) groups excluding carboxylic acids is 1. The van der Waals surface area contributed by atoms with Gasteiger partial charge in [0.25, 0.3) is 5.91 Å². The van der Waals surface area contributed by atoms with E-state index in [4.69, 9.17) is 4.74 Å². The lowest BCUT2D eigenvalue weighted by Gasteiger charge is -2.11. The zero-order valence-corrected chi connectivity index (χ0v) is 12.5. The van der Waals surface area contributed by atoms with Crippen LogP contribution in [0, 0.1) is 0 Å². The molecule has 3 aromatic rings. The van der Waals surface area contributed by atoms with Gasteiger partial charge in [0.2, 0.25) is 0 Å². The number of carbonyl (C=O) groups is 1. The van der Waals surface area contributed by atoms with Crippen molar-refractivity contribution < 1.29 is 9.53 Å². The van der Waals surface area contributed by atoms with Gasteiger partial charge in [-0.1, -0.05) is 18.2 Å². The van der Waals surface area contributed by atoms with Crippen LogP contribution in [0.3, 0.4) is 0 Å². The van der Waals surface area contributed by atoms with E-state index in [-0.39, 0.29) is 5.91 Å². The number of aromatic nitrogens is 2. The van der Waals surface area contributed by atoms with Crippen LogP contribution in [-0.2, 0) is 9.53 Å². The van der Waals surface area contributed by atoms with Crippen LogP contribution in [0.2, 0.25) is 0 Å². The Morgan fingerprint density at radius 3 is 2.64 bits per heavy atom. The summed E-state index contributed by atoms with van der Waals surface area (Å²) in [5, 5.41) is 8.31. The predicted molar refractivity (Wildman–Crippen MR) is 86.2 cm³/mol. The van der Waals surface area contributed by atoms with Crippen molar-refractivity contribution in [3.63, 3.8) is 0 Å². The van der Waals surface area contributed by atoms with Crippen LogP contribution in [0.4, 0.5) is 5.69 Å². The van der Waals surface area contributed by atoms with Gasteiger partial charge >= 0.3 is 0 Å². The van der Waals surface area contributed by atoms with E-state index in [0.717, 1.165) is 22.3 Å². The standard InChI is InChI=1S/C17H17N3O2/c1-12(22-2)17(21)19-14-7-9-15(10-8-14)20-16-6-4-3-5-13(16)11-18-20/h3-12H,1-2H3,(H,19,21). The van der Waals surface area contributed by atoms with Crippen LogP contribution in [-0.4, -0.2) is 28.9 Å². The van der Waals surface area contributed by atoms with Gasteiger partial charge in [-0.15, -0.1) is 0 Å². The lowest BCUT2D eigenvalue weighted by Crippen LogP contribution is -2.26. The molecule has 0 radical (unpaired) electrons. The van der Waals surface area contributed by atoms with Crippen molar-refractivity contribution in [1.82, 2.24) is 9.78 Å². The van der Waals surface area contributed by atoms with Gasteiger partial charge < -0.3 is 10.1 Å². The fourth-order valence-electron chi connectivity index (χ4n) is 2.21. The Labute approximate surface area is 128 Å². The highest BCUT2D eigenvalue weighted by Crippen LogP contribution is 2.19. The molecule has 22 heavy (non-hydrogen) atoms. The molecule has 1 N–H and O–H groups in total. The van der Waals surface area contributed by atoms with Crippen LogP contribution in [0.25, 0.3) is 16.6 Å². The fourth-order valence-corrected chi connectivity index (χ4v) is 2.21. The molecule has 1 heterocycles. The van der Waals surface area contributed by atoms with E-state index in [0.29, 0.717) is 0 Å². The lowest BCUT2D eigenvalue weighted by molar-refractivity contribution is -0.124. The average molecular weight is 295 g/mol. The van der Waals surface area contributed by atoms with Gasteiger partial charge in [0.05, 0.1) is 17.4 Å². The first-order valence-electron chi connectivity index (χ1n) is 7.06. The summed E-state index contributed by atoms with van der Waals surface area (Å²) in [7, 11) is 1.51. The maximum atomic E-state index is 11.8. The quantitative estimate of drug-likeness (QED) is 0.805. The number of ether oxygens (including phenoxy) is 1. The van der Waals surface area contributed by atoms with Crippen molar-refractivity contribution in [2.24, 2.45) is 0 Å². The third-order valence-electron chi connectivity index (χ3n) is 3.58. The second-order valence-corrected chi connectivity index (χ2v) is 5.03. The van der Waals surface area contributed by atoms with Crippen molar-refractivity contribution in [1.29, 1.82) is 0 Å². The van der Waals surface area contributed by atoms with Gasteiger partial charge in [0.15, 0.2) is 0 Å². The zero-order valence-electron chi connectivity index (χ0n) is 12.5. The topological polar surface area (TPSA) is 56.1 Å². The molecular weight excluding hydrogens is 278 g/mol. The molecule has 0 bridgehead atoms. The van der Waals surface area contributed by atoms with Gasteiger partial charge in [0, 0.05) is 18.2 Å². The number of rotatable bonds is 4. The van der Waals surface area contributed by atoms with E-state index in [1.807, 2.05) is 59.4 Å². The van der Waals surface area contributed by atoms with Crippen molar-refractivity contribution in [2.45, 2.75) is 13.0 Å². The molecule has 0 saturated heterocycles. The first kappa shape index (κ1) is 14.3. The van der Waals surface area contributed by atoms with Gasteiger partial charge in [-0.25, -0.2) is 4.68 Å². The van der Waals surface area contributed by atoms with Crippen LogP contribution in [0.15, 0.2) is 54.7 Å². The van der Waals surface area contributed by atoms with Gasteiger partial charge in [-0.3, -0.25) is 4.79 Å². The summed E-state index contributed by atoms with van der Waals surface area (Å²) in [5.74, 6) is -0.167. The first-order valence-corrected chi connectivity index (χ1v) is 7.06. The van der Waals surface area contributed by atoms with E-state index < -0.39 is 6.10 Å². The number of fused-ring (bicyclic) bond motifs is 1. The molecule has 0 aliphatic rings. The highest BCUT2D eigenvalue weighted by molar-refractivity contribution is 5.94. The fraction of sp³-hybridized carbons (Fsp3) is 0.176. The summed E-state index contributed by atoms with van der Waals surface area (Å²) in [4.78, 5) is 11.8. The van der Waals surface area contributed by atoms with E-state index in [2.05, 4.69) is 10.4 Å². The number of hydrogen-bond acceptors (Lipinski definition) is 3. The molecule has 112 valence electrons. The number of methoxy groups -OCH3 is 1. The molecule has 3 rings (SSSR count). The monoisotopic (exact) mass is 295 g/mol. The van der Waals surface area contributed by atoms with Crippen LogP contribution in [0.1, 0.15) is 6.92 Å². The van der Waals surface area contributed by atoms with E-state index in [1.165, 1.54) is 7.11 Å². The first-order chi connectivity index (χ1) is 10.7. The van der Waals surface area contributed by atoms with Crippen LogP contribution in [0.5, 0.6) is 0 Å². The number of anilines is 1. The number of nitrogens with zero attached hydrogens (tertiary/aromatic N) is 2. The summed E-state index contributed by atoms with van der Waals surface area (Å²) < 4.78 is 6.86. The summed E-state index contributed by atoms with van der Waals surface area (Å²) in [6.07, 6.45) is 1.36. The molecule has 5 nitrogen and oxygen atoms in total. The highest BCUT2D eigenvalue weighted by atomic mass is 16.5. The SMILES string of the molecule is COC(C)C(=O)Nc1ccc(-n2ncc3ccccc32)cc1. The summed E-state index contributed by atoms with van der Waals surface area (Å²) in [6, 6.07) is 15.6. The molecule has 5 heteroatoms. The lowest BCUT2D eigenvalue weighted by atomic mass is 10.2. The minimum absolute atomic E-state index is 0.167. The Bertz CT molecular complexity index is 793. The predicted octanol–water partition coefficient (Wildman–Crippen LogP) is 3.00. The van der Waals surface area contributed by atoms with Gasteiger partial charge in [0.1, 0.15) is 6.10 Å². The van der Waals surface area contributed by atoms with Crippen molar-refractivity contribution in [3.05, 3.63) is 54.7 Å². The normalized spacial score (nSPS) is 12.3. The molecule has 0 spiro atoms. The maximum absolute atomic E-state index is 11.8. The second kappa shape index (κ2) is 5.99. The number of benzene rings is 2. The van der Waals surface area contributed by atoms with Crippen LogP contribution < -0.4 is 5.32 Å². The van der Waals surface area contributed by atoms with Gasteiger partial charge in [-0.2, -0.15) is 5.10 Å². The largest absolute Gasteiger partial charge is 0.372 e. The molecule has 1 atom stereocenters. The van der Waals surface area contributed by atoms with E-state index >= 15 is 0 Å². The van der Waals surface area contributed by atoms with Crippen molar-refractivity contribution in [2.75, 3.05) is 12.4 Å². The molecule has 0 saturated carbocycles. The molecular formula is C17H17N3O2. The molecule has 0 aliphatic carbocycles. The van der Waals surface area contributed by atoms with E-state index in [9.17, 15) is 4.79 Å². The highest BCUT2D eigenvalue weighted by Gasteiger charge is 2.11. The summed E-state index contributed by atoms with van der Waals surface area (Å²) >= 11 is 0. The number of para-hydroxylation sites is 1. The third-order valence-corrected chi connectivity index (χ3v) is 3.58. The Kier molecular flexibility index (Phi) is 3.89. The molecule has 2 aromatic carbocycles. The average Bonchev–Trinajstić information content (AvgIpc) is 2.99. The Morgan fingerprint density at radius 2 is 1.91 bits per heavy atom. The molecule has 1 unspecified atom stereocenters. The van der Waals surface area contributed by atoms with Gasteiger partial charge in [-0.05, 0) is 37.3 Å². The molecule has 1 amide bonds. The number of hydrogen-bond donors (Lipinski definition) is 1. The summed E-state index contributed by atoms with van der Waals surface area (Å²) in [5.41, 5.74) is 2.72. The van der Waals surface area contributed by atoms with Crippen molar-refractivity contribution in [3.8, 4) is 5.69 Å². The Morgan fingerprint density at radius 1 is 1.18 bits per heavy atom. The van der Waals surface area contributed by atoms with Crippen molar-refractivity contribution >= 4 is 22.5 Å². The molecule has 1 aromatic heterocycles. The number of amides is 1. The molecule has 0 fully saturated rings. The van der Waals surface area contributed by atoms with Crippen LogP contribution >= 0.6 is 0 Å².